The van der Waals surface area contributed by atoms with E-state index < -0.39 is 29.6 Å². The number of nitrogens with one attached hydrogen (secondary N) is 1. The van der Waals surface area contributed by atoms with E-state index in [-0.39, 0.29) is 11.7 Å². The highest BCUT2D eigenvalue weighted by atomic mass is 19.4. The fourth-order valence-corrected chi connectivity index (χ4v) is 5.06. The molecule has 11 heteroatoms. The summed E-state index contributed by atoms with van der Waals surface area (Å²) in [4.78, 5) is 24.7. The first-order chi connectivity index (χ1) is 16.5. The maximum absolute atomic E-state index is 14.0. The Kier molecular flexibility index (Phi) is 7.05. The monoisotopic (exact) mass is 494 g/mol. The number of rotatable bonds is 5. The summed E-state index contributed by atoms with van der Waals surface area (Å²) in [5.41, 5.74) is 6.44. The number of carbonyl (C=O) groups is 1. The predicted octanol–water partition coefficient (Wildman–Crippen LogP) is 4.89. The van der Waals surface area contributed by atoms with Crippen molar-refractivity contribution in [2.75, 3.05) is 29.2 Å². The van der Waals surface area contributed by atoms with E-state index in [2.05, 4.69) is 5.32 Å². The van der Waals surface area contributed by atoms with Crippen molar-refractivity contribution < 1.29 is 22.4 Å². The van der Waals surface area contributed by atoms with Gasteiger partial charge in [0.25, 0.3) is 0 Å². The fourth-order valence-electron chi connectivity index (χ4n) is 5.06. The zero-order valence-electron chi connectivity index (χ0n) is 19.8. The molecule has 2 aromatic rings. The summed E-state index contributed by atoms with van der Waals surface area (Å²) in [6, 6.07) is 0.778. The number of urea groups is 1. The van der Waals surface area contributed by atoms with Crippen LogP contribution in [0, 0.1) is 5.82 Å². The Balaban J connectivity index is 1.48. The second-order valence-electron chi connectivity index (χ2n) is 9.45. The van der Waals surface area contributed by atoms with Crippen molar-refractivity contribution in [3.8, 4) is 0 Å². The van der Waals surface area contributed by atoms with Gasteiger partial charge < -0.3 is 16.0 Å². The van der Waals surface area contributed by atoms with Gasteiger partial charge in [0.15, 0.2) is 0 Å². The van der Waals surface area contributed by atoms with Gasteiger partial charge in [0.1, 0.15) is 11.6 Å². The third-order valence-electron chi connectivity index (χ3n) is 6.71. The molecule has 0 radical (unpaired) electrons. The number of aryl methyl sites for hydroxylation is 1. The highest BCUT2D eigenvalue weighted by molar-refractivity contribution is 5.91. The molecule has 190 valence electrons. The van der Waals surface area contributed by atoms with Crippen LogP contribution in [-0.2, 0) is 19.0 Å². The average Bonchev–Trinajstić information content (AvgIpc) is 2.78. The second-order valence-corrected chi connectivity index (χ2v) is 9.45. The minimum absolute atomic E-state index is 0.0378. The van der Waals surface area contributed by atoms with Crippen molar-refractivity contribution in [1.82, 2.24) is 9.97 Å². The molecular weight excluding hydrogens is 464 g/mol. The van der Waals surface area contributed by atoms with Crippen LogP contribution in [0.4, 0.5) is 39.8 Å². The number of anilines is 3. The van der Waals surface area contributed by atoms with Gasteiger partial charge in [-0.1, -0.05) is 0 Å². The first kappa shape index (κ1) is 25.0. The van der Waals surface area contributed by atoms with Crippen LogP contribution in [0.1, 0.15) is 55.3 Å². The largest absolute Gasteiger partial charge is 0.416 e. The number of hydrogen-bond donors (Lipinski definition) is 2. The Labute approximate surface area is 201 Å². The van der Waals surface area contributed by atoms with E-state index in [9.17, 15) is 22.4 Å². The summed E-state index contributed by atoms with van der Waals surface area (Å²) >= 11 is 0. The van der Waals surface area contributed by atoms with Crippen LogP contribution in [0.2, 0.25) is 0 Å². The number of nitrogens with zero attached hydrogens (tertiary/aromatic N) is 4. The summed E-state index contributed by atoms with van der Waals surface area (Å²) in [5, 5.41) is 3.40. The van der Waals surface area contributed by atoms with E-state index in [1.54, 1.807) is 0 Å². The summed E-state index contributed by atoms with van der Waals surface area (Å²) in [6.07, 6.45) is 1.62. The van der Waals surface area contributed by atoms with Crippen molar-refractivity contribution in [3.05, 3.63) is 40.8 Å². The van der Waals surface area contributed by atoms with Gasteiger partial charge in [-0.05, 0) is 69.6 Å². The van der Waals surface area contributed by atoms with Gasteiger partial charge in [-0.25, -0.2) is 14.2 Å². The molecule has 0 saturated heterocycles. The predicted molar refractivity (Wildman–Crippen MR) is 126 cm³/mol. The van der Waals surface area contributed by atoms with Gasteiger partial charge >= 0.3 is 12.2 Å². The van der Waals surface area contributed by atoms with Crippen molar-refractivity contribution in [3.63, 3.8) is 0 Å². The number of benzene rings is 1. The molecule has 0 bridgehead atoms. The zero-order chi connectivity index (χ0) is 25.3. The minimum Gasteiger partial charge on any atom is -0.362 e. The SMILES string of the molecule is CN(C)c1nc(NC2CCC(N(C(N)=O)c3cc(F)cc(C(F)(F)F)c3)CC2)nc2c1CCCC2. The molecule has 1 aromatic heterocycles. The molecule has 0 aliphatic heterocycles. The number of halogens is 4. The number of fused-ring (bicyclic) bond motifs is 1. The van der Waals surface area contributed by atoms with E-state index in [0.717, 1.165) is 54.2 Å². The number of aromatic nitrogens is 2. The Hall–Kier alpha value is -3.11. The molecule has 1 aromatic carbocycles. The van der Waals surface area contributed by atoms with Crippen molar-refractivity contribution in [1.29, 1.82) is 0 Å². The van der Waals surface area contributed by atoms with Crippen molar-refractivity contribution >= 4 is 23.5 Å². The normalized spacial score (nSPS) is 20.2. The van der Waals surface area contributed by atoms with Crippen molar-refractivity contribution in [2.24, 2.45) is 5.73 Å². The lowest BCUT2D eigenvalue weighted by atomic mass is 9.90. The lowest BCUT2D eigenvalue weighted by Crippen LogP contribution is -2.47. The number of hydrogen-bond acceptors (Lipinski definition) is 5. The van der Waals surface area contributed by atoms with Crippen LogP contribution in [0.3, 0.4) is 0 Å². The lowest BCUT2D eigenvalue weighted by Gasteiger charge is -2.36. The zero-order valence-corrected chi connectivity index (χ0v) is 19.8. The number of primary amides is 1. The van der Waals surface area contributed by atoms with Gasteiger partial charge in [0.05, 0.1) is 11.3 Å². The highest BCUT2D eigenvalue weighted by Crippen LogP contribution is 2.35. The number of carbonyl (C=O) groups excluding carboxylic acids is 1. The molecule has 2 aliphatic rings. The number of amides is 2. The molecule has 35 heavy (non-hydrogen) atoms. The molecular formula is C24H30F4N6O. The highest BCUT2D eigenvalue weighted by Gasteiger charge is 2.34. The molecule has 1 heterocycles. The Bertz CT molecular complexity index is 1080. The number of nitrogens with two attached hydrogens (primary N) is 1. The van der Waals surface area contributed by atoms with Crippen LogP contribution in [0.15, 0.2) is 18.2 Å². The minimum atomic E-state index is -4.73. The van der Waals surface area contributed by atoms with Gasteiger partial charge in [-0.2, -0.15) is 18.2 Å². The maximum Gasteiger partial charge on any atom is 0.416 e. The summed E-state index contributed by atoms with van der Waals surface area (Å²) in [5.74, 6) is 0.402. The van der Waals surface area contributed by atoms with Crippen molar-refractivity contribution in [2.45, 2.75) is 69.6 Å². The molecule has 1 fully saturated rings. The van der Waals surface area contributed by atoms with Gasteiger partial charge in [-0.15, -0.1) is 0 Å². The van der Waals surface area contributed by atoms with E-state index in [1.165, 1.54) is 5.56 Å². The quantitative estimate of drug-likeness (QED) is 0.578. The molecule has 7 nitrogen and oxygen atoms in total. The van der Waals surface area contributed by atoms with E-state index >= 15 is 0 Å². The van der Waals surface area contributed by atoms with Gasteiger partial charge in [0, 0.05) is 37.4 Å². The smallest absolute Gasteiger partial charge is 0.362 e. The van der Waals surface area contributed by atoms with Crippen LogP contribution < -0.4 is 20.9 Å². The molecule has 1 saturated carbocycles. The van der Waals surface area contributed by atoms with Gasteiger partial charge in [0.2, 0.25) is 5.95 Å². The van der Waals surface area contributed by atoms with Crippen LogP contribution in [-0.4, -0.2) is 42.2 Å². The molecule has 0 spiro atoms. The van der Waals surface area contributed by atoms with Crippen LogP contribution in [0.25, 0.3) is 0 Å². The Morgan fingerprint density at radius 1 is 1.06 bits per heavy atom. The maximum atomic E-state index is 14.0. The molecule has 0 unspecified atom stereocenters. The summed E-state index contributed by atoms with van der Waals surface area (Å²) in [6.45, 7) is 0. The molecule has 3 N–H and O–H groups in total. The molecule has 2 amide bonds. The first-order valence-corrected chi connectivity index (χ1v) is 11.8. The van der Waals surface area contributed by atoms with E-state index in [1.807, 2.05) is 19.0 Å². The second kappa shape index (κ2) is 9.87. The van der Waals surface area contributed by atoms with Crippen LogP contribution in [0.5, 0.6) is 0 Å². The third-order valence-corrected chi connectivity index (χ3v) is 6.71. The van der Waals surface area contributed by atoms with Gasteiger partial charge in [-0.3, -0.25) is 4.90 Å². The Morgan fingerprint density at radius 2 is 1.74 bits per heavy atom. The Morgan fingerprint density at radius 3 is 2.37 bits per heavy atom. The van der Waals surface area contributed by atoms with E-state index in [0.29, 0.717) is 37.7 Å². The van der Waals surface area contributed by atoms with Crippen LogP contribution >= 0.6 is 0 Å². The first-order valence-electron chi connectivity index (χ1n) is 11.8. The number of alkyl halides is 3. The molecule has 2 aliphatic carbocycles. The third kappa shape index (κ3) is 5.59. The lowest BCUT2D eigenvalue weighted by molar-refractivity contribution is -0.137. The summed E-state index contributed by atoms with van der Waals surface area (Å²) in [7, 11) is 3.92. The fraction of sp³-hybridized carbons (Fsp3) is 0.542. The summed E-state index contributed by atoms with van der Waals surface area (Å²) < 4.78 is 53.5. The molecule has 4 rings (SSSR count). The average molecular weight is 495 g/mol. The topological polar surface area (TPSA) is 87.4 Å². The molecule has 0 atom stereocenters. The standard InChI is InChI=1S/C24H30F4N6O/c1-33(2)21-19-5-3-4-6-20(19)31-23(32-21)30-16-7-9-17(10-8-16)34(22(29)35)18-12-14(24(26,27)28)11-15(25)13-18/h11-13,16-17H,3-10H2,1-2H3,(H2,29,35)(H,30,31,32). The van der Waals surface area contributed by atoms with E-state index in [4.69, 9.17) is 15.7 Å².